The Kier molecular flexibility index (Phi) is 5.46. The number of nitrogens with zero attached hydrogens (tertiary/aromatic N) is 4. The van der Waals surface area contributed by atoms with Crippen molar-refractivity contribution in [2.45, 2.75) is 64.2 Å². The summed E-state index contributed by atoms with van der Waals surface area (Å²) < 4.78 is 18.9. The Bertz CT molecular complexity index is 807. The maximum atomic E-state index is 13.7. The second-order valence-electron chi connectivity index (χ2n) is 8.21. The smallest absolute Gasteiger partial charge is 0.227 e. The summed E-state index contributed by atoms with van der Waals surface area (Å²) in [5.41, 5.74) is 1.56. The van der Waals surface area contributed by atoms with Crippen LogP contribution < -0.4 is 0 Å². The van der Waals surface area contributed by atoms with E-state index in [0.717, 1.165) is 35.7 Å². The Balaban J connectivity index is 1.45. The van der Waals surface area contributed by atoms with Gasteiger partial charge in [0.25, 0.3) is 0 Å². The van der Waals surface area contributed by atoms with Crippen LogP contribution in [0.4, 0.5) is 4.39 Å². The Morgan fingerprint density at radius 3 is 2.71 bits per heavy atom. The molecule has 2 fully saturated rings. The van der Waals surface area contributed by atoms with E-state index in [-0.39, 0.29) is 24.2 Å². The average molecular weight is 389 g/mol. The van der Waals surface area contributed by atoms with Gasteiger partial charge in [0.1, 0.15) is 11.6 Å². The molecule has 2 aliphatic rings. The Morgan fingerprint density at radius 1 is 1.25 bits per heavy atom. The van der Waals surface area contributed by atoms with E-state index < -0.39 is 6.67 Å². The fourth-order valence-corrected chi connectivity index (χ4v) is 4.56. The number of nitrogens with one attached hydrogen (secondary N) is 1. The number of H-pyrrole nitrogens is 1. The van der Waals surface area contributed by atoms with Crippen molar-refractivity contribution in [3.63, 3.8) is 0 Å². The highest BCUT2D eigenvalue weighted by Crippen LogP contribution is 2.34. The zero-order valence-electron chi connectivity index (χ0n) is 16.6. The maximum absolute atomic E-state index is 13.7. The number of aryl methyl sites for hydroxylation is 2. The second kappa shape index (κ2) is 8.01. The van der Waals surface area contributed by atoms with Crippen LogP contribution in [0.15, 0.2) is 4.52 Å². The van der Waals surface area contributed by atoms with Gasteiger partial charge in [-0.05, 0) is 26.7 Å². The van der Waals surface area contributed by atoms with Crippen LogP contribution in [-0.2, 0) is 11.2 Å². The van der Waals surface area contributed by atoms with Gasteiger partial charge in [0.05, 0.1) is 18.8 Å². The van der Waals surface area contributed by atoms with Gasteiger partial charge in [0.2, 0.25) is 5.91 Å². The first-order valence-corrected chi connectivity index (χ1v) is 10.2. The SMILES string of the molecule is Cc1noc(C)c1CC(=O)N1C[C@@H](CF)[C@H](c2nc(C3CCCCC3)n[nH]2)C1. The van der Waals surface area contributed by atoms with E-state index in [4.69, 9.17) is 9.51 Å². The Hall–Kier alpha value is -2.25. The van der Waals surface area contributed by atoms with Gasteiger partial charge in [-0.15, -0.1) is 0 Å². The first kappa shape index (κ1) is 19.1. The van der Waals surface area contributed by atoms with Gasteiger partial charge in [-0.1, -0.05) is 24.4 Å². The summed E-state index contributed by atoms with van der Waals surface area (Å²) in [7, 11) is 0. The van der Waals surface area contributed by atoms with Crippen LogP contribution in [0.1, 0.15) is 72.6 Å². The zero-order chi connectivity index (χ0) is 19.7. The van der Waals surface area contributed by atoms with Crippen LogP contribution >= 0.6 is 0 Å². The van der Waals surface area contributed by atoms with Gasteiger partial charge in [-0.3, -0.25) is 14.3 Å². The van der Waals surface area contributed by atoms with Crippen molar-refractivity contribution in [2.75, 3.05) is 19.8 Å². The number of hydrogen-bond donors (Lipinski definition) is 1. The average Bonchev–Trinajstić information content (AvgIpc) is 3.43. The van der Waals surface area contributed by atoms with Gasteiger partial charge >= 0.3 is 0 Å². The Labute approximate surface area is 164 Å². The van der Waals surface area contributed by atoms with Crippen molar-refractivity contribution in [3.8, 4) is 0 Å². The lowest BCUT2D eigenvalue weighted by atomic mass is 9.89. The van der Waals surface area contributed by atoms with Gasteiger partial charge in [-0.25, -0.2) is 4.98 Å². The number of carbonyl (C=O) groups is 1. The molecule has 0 radical (unpaired) electrons. The summed E-state index contributed by atoms with van der Waals surface area (Å²) in [4.78, 5) is 19.3. The van der Waals surface area contributed by atoms with E-state index in [9.17, 15) is 9.18 Å². The van der Waals surface area contributed by atoms with E-state index in [1.54, 1.807) is 11.8 Å². The van der Waals surface area contributed by atoms with Crippen LogP contribution in [0.5, 0.6) is 0 Å². The van der Waals surface area contributed by atoms with E-state index in [0.29, 0.717) is 24.8 Å². The molecular formula is C20H28FN5O2. The van der Waals surface area contributed by atoms with Crippen molar-refractivity contribution >= 4 is 5.91 Å². The molecule has 8 heteroatoms. The highest BCUT2D eigenvalue weighted by atomic mass is 19.1. The predicted octanol–water partition coefficient (Wildman–Crippen LogP) is 3.21. The van der Waals surface area contributed by atoms with E-state index in [1.165, 1.54) is 19.3 Å². The van der Waals surface area contributed by atoms with Crippen molar-refractivity contribution in [3.05, 3.63) is 28.7 Å². The molecule has 2 aromatic heterocycles. The van der Waals surface area contributed by atoms with Crippen molar-refractivity contribution in [1.82, 2.24) is 25.2 Å². The highest BCUT2D eigenvalue weighted by Gasteiger charge is 2.38. The van der Waals surface area contributed by atoms with Crippen LogP contribution in [0.3, 0.4) is 0 Å². The standard InChI is InChI=1S/C20H28FN5O2/c1-12-16(13(2)28-25-12)8-18(27)26-10-15(9-21)17(11-26)20-22-19(23-24-20)14-6-4-3-5-7-14/h14-15,17H,3-11H2,1-2H3,(H,22,23,24)/t15-,17-/m1/s1. The molecule has 28 heavy (non-hydrogen) atoms. The third kappa shape index (κ3) is 3.69. The van der Waals surface area contributed by atoms with Gasteiger partial charge in [0.15, 0.2) is 5.82 Å². The molecule has 1 N–H and O–H groups in total. The number of aromatic amines is 1. The van der Waals surface area contributed by atoms with Crippen molar-refractivity contribution in [1.29, 1.82) is 0 Å². The van der Waals surface area contributed by atoms with Crippen LogP contribution in [0.2, 0.25) is 0 Å². The number of halogens is 1. The molecule has 7 nitrogen and oxygen atoms in total. The maximum Gasteiger partial charge on any atom is 0.227 e. The molecule has 1 amide bonds. The third-order valence-electron chi connectivity index (χ3n) is 6.34. The van der Waals surface area contributed by atoms with Crippen LogP contribution in [-0.4, -0.2) is 50.9 Å². The van der Waals surface area contributed by atoms with Crippen LogP contribution in [0.25, 0.3) is 0 Å². The van der Waals surface area contributed by atoms with E-state index in [2.05, 4.69) is 15.4 Å². The monoisotopic (exact) mass is 389 g/mol. The van der Waals surface area contributed by atoms with Crippen LogP contribution in [0, 0.1) is 19.8 Å². The number of rotatable bonds is 5. The first-order valence-electron chi connectivity index (χ1n) is 10.2. The molecule has 1 saturated carbocycles. The third-order valence-corrected chi connectivity index (χ3v) is 6.34. The van der Waals surface area contributed by atoms with E-state index in [1.807, 2.05) is 6.92 Å². The lowest BCUT2D eigenvalue weighted by Crippen LogP contribution is -2.30. The van der Waals surface area contributed by atoms with Crippen molar-refractivity contribution < 1.29 is 13.7 Å². The topological polar surface area (TPSA) is 87.9 Å². The molecule has 2 atom stereocenters. The van der Waals surface area contributed by atoms with E-state index >= 15 is 0 Å². The molecule has 0 spiro atoms. The molecule has 1 aliphatic carbocycles. The summed E-state index contributed by atoms with van der Waals surface area (Å²) in [5, 5.41) is 11.4. The second-order valence-corrected chi connectivity index (χ2v) is 8.21. The largest absolute Gasteiger partial charge is 0.361 e. The summed E-state index contributed by atoms with van der Waals surface area (Å²) >= 11 is 0. The molecule has 152 valence electrons. The molecule has 1 saturated heterocycles. The van der Waals surface area contributed by atoms with Gasteiger partial charge in [0, 0.05) is 36.4 Å². The Morgan fingerprint density at radius 2 is 2.04 bits per heavy atom. The molecule has 0 bridgehead atoms. The minimum Gasteiger partial charge on any atom is -0.361 e. The molecular weight excluding hydrogens is 361 g/mol. The summed E-state index contributed by atoms with van der Waals surface area (Å²) in [5.74, 6) is 2.23. The molecule has 3 heterocycles. The number of carbonyl (C=O) groups excluding carboxylic acids is 1. The first-order chi connectivity index (χ1) is 13.6. The number of alkyl halides is 1. The minimum atomic E-state index is -0.473. The lowest BCUT2D eigenvalue weighted by Gasteiger charge is -2.18. The number of likely N-dealkylation sites (tertiary alicyclic amines) is 1. The van der Waals surface area contributed by atoms with Gasteiger partial charge in [-0.2, -0.15) is 5.10 Å². The lowest BCUT2D eigenvalue weighted by molar-refractivity contribution is -0.129. The quantitative estimate of drug-likeness (QED) is 0.848. The summed E-state index contributed by atoms with van der Waals surface area (Å²) in [6.07, 6.45) is 6.19. The number of hydrogen-bond acceptors (Lipinski definition) is 5. The summed E-state index contributed by atoms with van der Waals surface area (Å²) in [6, 6.07) is 0. The molecule has 1 aliphatic heterocycles. The molecule has 2 aromatic rings. The number of aromatic nitrogens is 4. The summed E-state index contributed by atoms with van der Waals surface area (Å²) in [6.45, 7) is 4.04. The molecule has 0 aromatic carbocycles. The highest BCUT2D eigenvalue weighted by molar-refractivity contribution is 5.79. The number of amides is 1. The minimum absolute atomic E-state index is 0.0256. The van der Waals surface area contributed by atoms with Gasteiger partial charge < -0.3 is 9.42 Å². The normalized spacial score (nSPS) is 23.5. The predicted molar refractivity (Wildman–Crippen MR) is 101 cm³/mol. The molecule has 4 rings (SSSR count). The van der Waals surface area contributed by atoms with Crippen molar-refractivity contribution in [2.24, 2.45) is 5.92 Å². The molecule has 0 unspecified atom stereocenters. The fraction of sp³-hybridized carbons (Fsp3) is 0.700. The zero-order valence-corrected chi connectivity index (χ0v) is 16.6. The fourth-order valence-electron chi connectivity index (χ4n) is 4.56.